The maximum absolute atomic E-state index is 12.7. The Labute approximate surface area is 125 Å². The molecule has 0 aliphatic carbocycles. The monoisotopic (exact) mass is 318 g/mol. The van der Waals surface area contributed by atoms with Gasteiger partial charge in [-0.25, -0.2) is 8.42 Å². The van der Waals surface area contributed by atoms with Crippen molar-refractivity contribution in [3.05, 3.63) is 17.6 Å². The summed E-state index contributed by atoms with van der Waals surface area (Å²) in [6, 6.07) is 1.65. The highest BCUT2D eigenvalue weighted by atomic mass is 32.2. The molecule has 0 bridgehead atoms. The highest BCUT2D eigenvalue weighted by Crippen LogP contribution is 2.27. The number of aryl methyl sites for hydroxylation is 1. The zero-order valence-electron chi connectivity index (χ0n) is 12.2. The molecule has 1 aliphatic heterocycles. The standard InChI is InChI=1S/C13H22N2O3S2/c1-4-14-8-12-7-13(11(3)18-12)20(16,17)15-5-6-19-10(2)9-15/h7,10,14H,4-6,8-9H2,1-3H3. The molecule has 7 heteroatoms. The Kier molecular flexibility index (Phi) is 5.17. The summed E-state index contributed by atoms with van der Waals surface area (Å²) in [6.45, 7) is 8.29. The summed E-state index contributed by atoms with van der Waals surface area (Å²) in [5.74, 6) is 1.99. The molecule has 2 heterocycles. The number of sulfonamides is 1. The van der Waals surface area contributed by atoms with E-state index in [2.05, 4.69) is 12.2 Å². The molecule has 0 amide bonds. The van der Waals surface area contributed by atoms with Gasteiger partial charge in [-0.3, -0.25) is 0 Å². The molecule has 0 aromatic carbocycles. The second kappa shape index (κ2) is 6.51. The number of furan rings is 1. The molecule has 1 aromatic rings. The first-order chi connectivity index (χ1) is 9.45. The van der Waals surface area contributed by atoms with Gasteiger partial charge in [0.25, 0.3) is 0 Å². The molecule has 1 atom stereocenters. The molecule has 0 saturated carbocycles. The van der Waals surface area contributed by atoms with Crippen LogP contribution in [-0.2, 0) is 16.6 Å². The van der Waals surface area contributed by atoms with Crippen molar-refractivity contribution < 1.29 is 12.8 Å². The summed E-state index contributed by atoms with van der Waals surface area (Å²) < 4.78 is 32.5. The number of thioether (sulfide) groups is 1. The smallest absolute Gasteiger partial charge is 0.246 e. The van der Waals surface area contributed by atoms with Crippen molar-refractivity contribution in [3.8, 4) is 0 Å². The van der Waals surface area contributed by atoms with Gasteiger partial charge in [-0.1, -0.05) is 13.8 Å². The van der Waals surface area contributed by atoms with Crippen LogP contribution in [0.3, 0.4) is 0 Å². The van der Waals surface area contributed by atoms with E-state index in [9.17, 15) is 8.42 Å². The number of hydrogen-bond donors (Lipinski definition) is 1. The Balaban J connectivity index is 2.22. The Morgan fingerprint density at radius 2 is 2.30 bits per heavy atom. The minimum Gasteiger partial charge on any atom is -0.464 e. The van der Waals surface area contributed by atoms with E-state index < -0.39 is 10.0 Å². The van der Waals surface area contributed by atoms with Gasteiger partial charge >= 0.3 is 0 Å². The Morgan fingerprint density at radius 3 is 2.95 bits per heavy atom. The van der Waals surface area contributed by atoms with E-state index in [1.165, 1.54) is 0 Å². The van der Waals surface area contributed by atoms with E-state index in [4.69, 9.17) is 4.42 Å². The van der Waals surface area contributed by atoms with E-state index in [0.29, 0.717) is 41.3 Å². The van der Waals surface area contributed by atoms with Crippen molar-refractivity contribution >= 4 is 21.8 Å². The lowest BCUT2D eigenvalue weighted by molar-refractivity contribution is 0.420. The average Bonchev–Trinajstić information content (AvgIpc) is 2.78. The first-order valence-corrected chi connectivity index (χ1v) is 9.35. The summed E-state index contributed by atoms with van der Waals surface area (Å²) in [5.41, 5.74) is 0. The first kappa shape index (κ1) is 15.9. The summed E-state index contributed by atoms with van der Waals surface area (Å²) in [4.78, 5) is 0.310. The molecule has 20 heavy (non-hydrogen) atoms. The molecule has 1 aromatic heterocycles. The minimum atomic E-state index is -3.43. The Bertz CT molecular complexity index is 554. The third-order valence-electron chi connectivity index (χ3n) is 3.29. The van der Waals surface area contributed by atoms with Crippen molar-refractivity contribution in [2.45, 2.75) is 37.5 Å². The maximum atomic E-state index is 12.7. The van der Waals surface area contributed by atoms with Gasteiger partial charge in [0, 0.05) is 30.2 Å². The molecule has 2 rings (SSSR count). The largest absolute Gasteiger partial charge is 0.464 e. The number of hydrogen-bond acceptors (Lipinski definition) is 5. The summed E-state index contributed by atoms with van der Waals surface area (Å²) in [6.07, 6.45) is 0. The van der Waals surface area contributed by atoms with Gasteiger partial charge < -0.3 is 9.73 Å². The van der Waals surface area contributed by atoms with Crippen molar-refractivity contribution in [3.63, 3.8) is 0 Å². The number of nitrogens with zero attached hydrogens (tertiary/aromatic N) is 1. The molecule has 1 fully saturated rings. The van der Waals surface area contributed by atoms with Gasteiger partial charge in [-0.2, -0.15) is 16.1 Å². The minimum absolute atomic E-state index is 0.310. The van der Waals surface area contributed by atoms with Crippen molar-refractivity contribution in [2.24, 2.45) is 0 Å². The van der Waals surface area contributed by atoms with Gasteiger partial charge in [0.15, 0.2) is 0 Å². The van der Waals surface area contributed by atoms with Crippen LogP contribution in [0.25, 0.3) is 0 Å². The normalized spacial score (nSPS) is 21.2. The van der Waals surface area contributed by atoms with Gasteiger partial charge in [0.1, 0.15) is 16.4 Å². The fourth-order valence-corrected chi connectivity index (χ4v) is 5.20. The second-order valence-corrected chi connectivity index (χ2v) is 8.41. The van der Waals surface area contributed by atoms with Crippen LogP contribution in [0.15, 0.2) is 15.4 Å². The molecule has 5 nitrogen and oxygen atoms in total. The van der Waals surface area contributed by atoms with Crippen LogP contribution in [0.1, 0.15) is 25.4 Å². The first-order valence-electron chi connectivity index (χ1n) is 6.87. The summed E-state index contributed by atoms with van der Waals surface area (Å²) >= 11 is 1.81. The predicted molar refractivity (Wildman–Crippen MR) is 81.5 cm³/mol. The lowest BCUT2D eigenvalue weighted by Gasteiger charge is -2.29. The molecular weight excluding hydrogens is 296 g/mol. The molecule has 1 N–H and O–H groups in total. The fourth-order valence-electron chi connectivity index (χ4n) is 2.26. The molecule has 0 spiro atoms. The van der Waals surface area contributed by atoms with Crippen LogP contribution < -0.4 is 5.32 Å². The number of nitrogens with one attached hydrogen (secondary N) is 1. The van der Waals surface area contributed by atoms with Crippen LogP contribution in [0.5, 0.6) is 0 Å². The van der Waals surface area contributed by atoms with E-state index in [-0.39, 0.29) is 0 Å². The highest BCUT2D eigenvalue weighted by molar-refractivity contribution is 8.00. The molecule has 1 aliphatic rings. The highest BCUT2D eigenvalue weighted by Gasteiger charge is 2.31. The van der Waals surface area contributed by atoms with Crippen LogP contribution in [0.4, 0.5) is 0 Å². The average molecular weight is 318 g/mol. The van der Waals surface area contributed by atoms with E-state index in [1.807, 2.05) is 18.7 Å². The van der Waals surface area contributed by atoms with Crippen LogP contribution >= 0.6 is 11.8 Å². The Hall–Kier alpha value is -0.500. The maximum Gasteiger partial charge on any atom is 0.246 e. The van der Waals surface area contributed by atoms with Crippen molar-refractivity contribution in [2.75, 3.05) is 25.4 Å². The molecular formula is C13H22N2O3S2. The van der Waals surface area contributed by atoms with Gasteiger partial charge in [0.05, 0.1) is 6.54 Å². The van der Waals surface area contributed by atoms with Gasteiger partial charge in [-0.05, 0) is 13.5 Å². The lowest BCUT2D eigenvalue weighted by atomic mass is 10.4. The van der Waals surface area contributed by atoms with Crippen molar-refractivity contribution in [1.82, 2.24) is 9.62 Å². The topological polar surface area (TPSA) is 62.6 Å². The zero-order valence-corrected chi connectivity index (χ0v) is 13.8. The zero-order chi connectivity index (χ0) is 14.8. The molecule has 0 radical (unpaired) electrons. The van der Waals surface area contributed by atoms with Gasteiger partial charge in [0.2, 0.25) is 10.0 Å². The van der Waals surface area contributed by atoms with E-state index in [1.54, 1.807) is 17.3 Å². The van der Waals surface area contributed by atoms with Crippen molar-refractivity contribution in [1.29, 1.82) is 0 Å². The van der Waals surface area contributed by atoms with Gasteiger partial charge in [-0.15, -0.1) is 0 Å². The number of rotatable bonds is 5. The summed E-state index contributed by atoms with van der Waals surface area (Å²) in [5, 5.41) is 3.48. The third-order valence-corrected chi connectivity index (χ3v) is 6.40. The van der Waals surface area contributed by atoms with E-state index >= 15 is 0 Å². The quantitative estimate of drug-likeness (QED) is 0.897. The Morgan fingerprint density at radius 1 is 1.55 bits per heavy atom. The van der Waals surface area contributed by atoms with Crippen LogP contribution in [-0.4, -0.2) is 43.4 Å². The van der Waals surface area contributed by atoms with Crippen LogP contribution in [0, 0.1) is 6.92 Å². The molecule has 1 unspecified atom stereocenters. The third kappa shape index (κ3) is 3.39. The lowest BCUT2D eigenvalue weighted by Crippen LogP contribution is -2.41. The predicted octanol–water partition coefficient (Wildman–Crippen LogP) is 1.82. The van der Waals surface area contributed by atoms with E-state index in [0.717, 1.165) is 12.3 Å². The summed E-state index contributed by atoms with van der Waals surface area (Å²) in [7, 11) is -3.43. The molecule has 1 saturated heterocycles. The van der Waals surface area contributed by atoms with Crippen LogP contribution in [0.2, 0.25) is 0 Å². The fraction of sp³-hybridized carbons (Fsp3) is 0.692. The SMILES string of the molecule is CCNCc1cc(S(=O)(=O)N2CCSC(C)C2)c(C)o1. The second-order valence-electron chi connectivity index (χ2n) is 4.96. The molecule has 114 valence electrons.